The van der Waals surface area contributed by atoms with Crippen LogP contribution in [0.25, 0.3) is 0 Å². The smallest absolute Gasteiger partial charge is 0.123 e. The Morgan fingerprint density at radius 3 is 2.54 bits per heavy atom. The average Bonchev–Trinajstić information content (AvgIpc) is 2.64. The highest BCUT2D eigenvalue weighted by atomic mass is 19.1. The van der Waals surface area contributed by atoms with Crippen molar-refractivity contribution in [2.45, 2.75) is 32.7 Å². The maximum absolute atomic E-state index is 13.2. The average molecular weight is 357 g/mol. The van der Waals surface area contributed by atoms with Crippen molar-refractivity contribution in [1.82, 2.24) is 4.90 Å². The first-order valence-corrected chi connectivity index (χ1v) is 9.25. The predicted octanol–water partition coefficient (Wildman–Crippen LogP) is 3.96. The van der Waals surface area contributed by atoms with Crippen molar-refractivity contribution in [3.63, 3.8) is 0 Å². The summed E-state index contributed by atoms with van der Waals surface area (Å²) in [5.41, 5.74) is 3.33. The molecule has 0 radical (unpaired) electrons. The van der Waals surface area contributed by atoms with Gasteiger partial charge in [-0.2, -0.15) is 0 Å². The van der Waals surface area contributed by atoms with E-state index in [-0.39, 0.29) is 17.8 Å². The molecule has 26 heavy (non-hydrogen) atoms. The number of ether oxygens (including phenoxy) is 1. The third-order valence-corrected chi connectivity index (χ3v) is 5.43. The largest absolute Gasteiger partial charge is 0.496 e. The Morgan fingerprint density at radius 1 is 1.15 bits per heavy atom. The van der Waals surface area contributed by atoms with E-state index >= 15 is 0 Å². The number of benzene rings is 2. The van der Waals surface area contributed by atoms with Crippen LogP contribution in [0.15, 0.2) is 42.5 Å². The van der Waals surface area contributed by atoms with E-state index in [4.69, 9.17) is 4.74 Å². The number of nitrogens with zero attached hydrogens (tertiary/aromatic N) is 1. The van der Waals surface area contributed by atoms with Crippen LogP contribution >= 0.6 is 0 Å². The van der Waals surface area contributed by atoms with Gasteiger partial charge in [0, 0.05) is 18.5 Å². The van der Waals surface area contributed by atoms with E-state index < -0.39 is 0 Å². The Kier molecular flexibility index (Phi) is 5.94. The predicted molar refractivity (Wildman–Crippen MR) is 102 cm³/mol. The minimum Gasteiger partial charge on any atom is -0.496 e. The summed E-state index contributed by atoms with van der Waals surface area (Å²) in [6, 6.07) is 13.0. The van der Waals surface area contributed by atoms with Crippen LogP contribution in [0, 0.1) is 18.2 Å². The lowest BCUT2D eigenvalue weighted by Gasteiger charge is -2.42. The van der Waals surface area contributed by atoms with Crippen molar-refractivity contribution >= 4 is 0 Å². The molecule has 1 saturated heterocycles. The lowest BCUT2D eigenvalue weighted by molar-refractivity contribution is 0.0288. The summed E-state index contributed by atoms with van der Waals surface area (Å²) in [6.07, 6.45) is 2.85. The van der Waals surface area contributed by atoms with Gasteiger partial charge in [-0.25, -0.2) is 4.39 Å². The van der Waals surface area contributed by atoms with E-state index in [0.29, 0.717) is 0 Å². The number of hydrogen-bond acceptors (Lipinski definition) is 3. The van der Waals surface area contributed by atoms with Crippen molar-refractivity contribution in [1.29, 1.82) is 0 Å². The van der Waals surface area contributed by atoms with Crippen molar-refractivity contribution < 1.29 is 14.2 Å². The van der Waals surface area contributed by atoms with Gasteiger partial charge in [-0.3, -0.25) is 4.90 Å². The van der Waals surface area contributed by atoms with Crippen LogP contribution in [0.5, 0.6) is 5.75 Å². The van der Waals surface area contributed by atoms with Crippen LogP contribution in [0.1, 0.15) is 29.5 Å². The van der Waals surface area contributed by atoms with Crippen LogP contribution < -0.4 is 4.74 Å². The first kappa shape index (κ1) is 18.9. The molecule has 1 fully saturated rings. The molecule has 0 saturated carbocycles. The topological polar surface area (TPSA) is 32.7 Å². The summed E-state index contributed by atoms with van der Waals surface area (Å²) in [5, 5.41) is 10.1. The van der Waals surface area contributed by atoms with Gasteiger partial charge in [0.1, 0.15) is 11.6 Å². The van der Waals surface area contributed by atoms with E-state index in [1.54, 1.807) is 7.11 Å². The van der Waals surface area contributed by atoms with E-state index in [2.05, 4.69) is 24.0 Å². The summed E-state index contributed by atoms with van der Waals surface area (Å²) >= 11 is 0. The van der Waals surface area contributed by atoms with E-state index in [1.807, 2.05) is 18.2 Å². The minimum atomic E-state index is -0.216. The first-order valence-electron chi connectivity index (χ1n) is 9.25. The molecule has 1 aliphatic heterocycles. The normalized spacial score (nSPS) is 20.9. The van der Waals surface area contributed by atoms with Crippen molar-refractivity contribution in [2.24, 2.45) is 5.41 Å². The van der Waals surface area contributed by atoms with E-state index in [9.17, 15) is 9.50 Å². The van der Waals surface area contributed by atoms with Crippen LogP contribution in [0.4, 0.5) is 4.39 Å². The van der Waals surface area contributed by atoms with Gasteiger partial charge < -0.3 is 9.84 Å². The number of piperidine rings is 1. The van der Waals surface area contributed by atoms with E-state index in [1.165, 1.54) is 17.7 Å². The summed E-state index contributed by atoms with van der Waals surface area (Å²) in [7, 11) is 1.69. The fraction of sp³-hybridized carbons (Fsp3) is 0.455. The molecule has 140 valence electrons. The fourth-order valence-corrected chi connectivity index (χ4v) is 4.11. The minimum absolute atomic E-state index is 0.155. The molecule has 3 rings (SSSR count). The Labute approximate surface area is 155 Å². The molecule has 1 heterocycles. The maximum Gasteiger partial charge on any atom is 0.123 e. The molecule has 0 aromatic heterocycles. The zero-order valence-electron chi connectivity index (χ0n) is 15.7. The highest BCUT2D eigenvalue weighted by Gasteiger charge is 2.35. The quantitative estimate of drug-likeness (QED) is 0.849. The van der Waals surface area contributed by atoms with Gasteiger partial charge in [0.2, 0.25) is 0 Å². The second-order valence-electron chi connectivity index (χ2n) is 7.58. The van der Waals surface area contributed by atoms with Gasteiger partial charge >= 0.3 is 0 Å². The maximum atomic E-state index is 13.2. The highest BCUT2D eigenvalue weighted by Crippen LogP contribution is 2.34. The number of methoxy groups -OCH3 is 1. The van der Waals surface area contributed by atoms with E-state index in [0.717, 1.165) is 55.8 Å². The molecule has 0 bridgehead atoms. The van der Waals surface area contributed by atoms with Crippen LogP contribution in [-0.2, 0) is 13.0 Å². The Balaban J connectivity index is 1.70. The van der Waals surface area contributed by atoms with Gasteiger partial charge in [0.05, 0.1) is 13.7 Å². The molecule has 0 amide bonds. The Bertz CT molecular complexity index is 731. The van der Waals surface area contributed by atoms with Crippen LogP contribution in [0.2, 0.25) is 0 Å². The Hall–Kier alpha value is -1.91. The zero-order chi connectivity index (χ0) is 18.6. The standard InChI is InChI=1S/C22H28FNO2/c1-17-12-19(6-9-21(17)26-2)14-24-11-3-10-22(15-24,16-25)13-18-4-7-20(23)8-5-18/h4-9,12,25H,3,10-11,13-16H2,1-2H3/t22-/m1/s1. The third-order valence-electron chi connectivity index (χ3n) is 5.43. The number of likely N-dealkylation sites (tertiary alicyclic amines) is 1. The van der Waals surface area contributed by atoms with Gasteiger partial charge in [0.25, 0.3) is 0 Å². The van der Waals surface area contributed by atoms with Crippen LogP contribution in [0.3, 0.4) is 0 Å². The molecule has 1 atom stereocenters. The molecule has 0 aliphatic carbocycles. The second-order valence-corrected chi connectivity index (χ2v) is 7.58. The number of aliphatic hydroxyl groups is 1. The summed E-state index contributed by atoms with van der Waals surface area (Å²) in [5.74, 6) is 0.695. The molecule has 1 aliphatic rings. The monoisotopic (exact) mass is 357 g/mol. The fourth-order valence-electron chi connectivity index (χ4n) is 4.11. The highest BCUT2D eigenvalue weighted by molar-refractivity contribution is 5.36. The number of aliphatic hydroxyl groups excluding tert-OH is 1. The number of rotatable bonds is 6. The number of hydrogen-bond donors (Lipinski definition) is 1. The molecule has 3 nitrogen and oxygen atoms in total. The number of aryl methyl sites for hydroxylation is 1. The molecule has 2 aromatic carbocycles. The molecule has 0 unspecified atom stereocenters. The molecule has 2 aromatic rings. The van der Waals surface area contributed by atoms with Crippen molar-refractivity contribution in [3.05, 3.63) is 65.0 Å². The van der Waals surface area contributed by atoms with Crippen molar-refractivity contribution in [2.75, 3.05) is 26.8 Å². The van der Waals surface area contributed by atoms with Crippen LogP contribution in [-0.4, -0.2) is 36.8 Å². The molecule has 1 N–H and O–H groups in total. The molecular weight excluding hydrogens is 329 g/mol. The van der Waals surface area contributed by atoms with Gasteiger partial charge in [-0.1, -0.05) is 24.3 Å². The summed E-state index contributed by atoms with van der Waals surface area (Å²) in [6.45, 7) is 4.98. The Morgan fingerprint density at radius 2 is 1.88 bits per heavy atom. The SMILES string of the molecule is COc1ccc(CN2CCC[C@@](CO)(Cc3ccc(F)cc3)C2)cc1C. The van der Waals surface area contributed by atoms with Gasteiger partial charge in [-0.05, 0) is 67.6 Å². The molecular formula is C22H28FNO2. The molecule has 4 heteroatoms. The first-order chi connectivity index (χ1) is 12.5. The second kappa shape index (κ2) is 8.19. The molecule has 0 spiro atoms. The zero-order valence-corrected chi connectivity index (χ0v) is 15.7. The van der Waals surface area contributed by atoms with Gasteiger partial charge in [0.15, 0.2) is 0 Å². The third kappa shape index (κ3) is 4.43. The number of halogens is 1. The summed E-state index contributed by atoms with van der Waals surface area (Å²) in [4.78, 5) is 2.42. The van der Waals surface area contributed by atoms with Gasteiger partial charge in [-0.15, -0.1) is 0 Å². The van der Waals surface area contributed by atoms with Crippen molar-refractivity contribution in [3.8, 4) is 5.75 Å². The lowest BCUT2D eigenvalue weighted by Crippen LogP contribution is -2.46. The summed E-state index contributed by atoms with van der Waals surface area (Å²) < 4.78 is 18.5. The lowest BCUT2D eigenvalue weighted by atomic mass is 9.75.